The van der Waals surface area contributed by atoms with Crippen molar-refractivity contribution in [2.75, 3.05) is 39.8 Å². The van der Waals surface area contributed by atoms with E-state index in [1.807, 2.05) is 0 Å². The Morgan fingerprint density at radius 3 is 2.61 bits per heavy atom. The molecule has 0 spiro atoms. The molecule has 0 radical (unpaired) electrons. The number of rotatable bonds is 3. The van der Waals surface area contributed by atoms with E-state index in [0.717, 1.165) is 30.7 Å². The topological polar surface area (TPSA) is 26.7 Å². The maximum atomic E-state index is 13.9. The molecular weight excluding hydrogens is 299 g/mol. The van der Waals surface area contributed by atoms with Crippen molar-refractivity contribution in [1.82, 2.24) is 9.80 Å². The highest BCUT2D eigenvalue weighted by atomic mass is 79.9. The van der Waals surface area contributed by atoms with Crippen molar-refractivity contribution in [3.63, 3.8) is 0 Å². The van der Waals surface area contributed by atoms with Gasteiger partial charge in [-0.25, -0.2) is 4.39 Å². The lowest BCUT2D eigenvalue weighted by Crippen LogP contribution is -2.46. The van der Waals surface area contributed by atoms with Gasteiger partial charge in [-0.1, -0.05) is 15.9 Å². The normalized spacial score (nSPS) is 20.0. The van der Waals surface area contributed by atoms with E-state index < -0.39 is 0 Å². The summed E-state index contributed by atoms with van der Waals surface area (Å²) in [6.45, 7) is 3.55. The van der Waals surface area contributed by atoms with Crippen LogP contribution in [0.15, 0.2) is 22.7 Å². The number of piperazine rings is 1. The number of aliphatic hydroxyl groups excluding tert-OH is 1. The van der Waals surface area contributed by atoms with Gasteiger partial charge in [0.15, 0.2) is 0 Å². The zero-order valence-electron chi connectivity index (χ0n) is 10.4. The number of nitrogens with zero attached hydrogens (tertiary/aromatic N) is 2. The van der Waals surface area contributed by atoms with Crippen molar-refractivity contribution in [2.24, 2.45) is 0 Å². The van der Waals surface area contributed by atoms with Crippen LogP contribution in [0.4, 0.5) is 4.39 Å². The third-order valence-corrected chi connectivity index (χ3v) is 3.96. The molecule has 1 atom stereocenters. The van der Waals surface area contributed by atoms with Crippen LogP contribution in [-0.2, 0) is 0 Å². The predicted octanol–water partition coefficient (Wildman–Crippen LogP) is 1.87. The standard InChI is InChI=1S/C13H18BrFN2O/c1-16-4-6-17(7-5-16)13(9-18)11-8-10(14)2-3-12(11)15/h2-3,8,13,18H,4-7,9H2,1H3. The molecule has 0 saturated carbocycles. The SMILES string of the molecule is CN1CCN(C(CO)c2cc(Br)ccc2F)CC1. The van der Waals surface area contributed by atoms with Gasteiger partial charge in [0.05, 0.1) is 12.6 Å². The van der Waals surface area contributed by atoms with Gasteiger partial charge in [0.2, 0.25) is 0 Å². The molecule has 0 aliphatic carbocycles. The highest BCUT2D eigenvalue weighted by Crippen LogP contribution is 2.26. The number of benzene rings is 1. The minimum atomic E-state index is -0.254. The van der Waals surface area contributed by atoms with Crippen LogP contribution in [0.2, 0.25) is 0 Å². The molecule has 18 heavy (non-hydrogen) atoms. The molecule has 5 heteroatoms. The number of aliphatic hydroxyl groups is 1. The third kappa shape index (κ3) is 3.09. The summed E-state index contributed by atoms with van der Waals surface area (Å²) >= 11 is 3.35. The maximum Gasteiger partial charge on any atom is 0.128 e. The van der Waals surface area contributed by atoms with E-state index in [9.17, 15) is 9.50 Å². The Bertz CT molecular complexity index is 408. The van der Waals surface area contributed by atoms with E-state index in [-0.39, 0.29) is 18.5 Å². The molecule has 0 bridgehead atoms. The summed E-state index contributed by atoms with van der Waals surface area (Å²) < 4.78 is 14.7. The molecule has 1 fully saturated rings. The Hall–Kier alpha value is -0.490. The van der Waals surface area contributed by atoms with Crippen molar-refractivity contribution in [3.05, 3.63) is 34.1 Å². The van der Waals surface area contributed by atoms with E-state index >= 15 is 0 Å². The van der Waals surface area contributed by atoms with Gasteiger partial charge >= 0.3 is 0 Å². The predicted molar refractivity (Wildman–Crippen MR) is 73.0 cm³/mol. The van der Waals surface area contributed by atoms with Gasteiger partial charge < -0.3 is 10.0 Å². The van der Waals surface area contributed by atoms with Crippen LogP contribution in [-0.4, -0.2) is 54.7 Å². The molecule has 1 N–H and O–H groups in total. The largest absolute Gasteiger partial charge is 0.394 e. The summed E-state index contributed by atoms with van der Waals surface area (Å²) in [6.07, 6.45) is 0. The highest BCUT2D eigenvalue weighted by Gasteiger charge is 2.25. The first kappa shape index (κ1) is 13.9. The van der Waals surface area contributed by atoms with E-state index in [4.69, 9.17) is 0 Å². The number of hydrogen-bond donors (Lipinski definition) is 1. The summed E-state index contributed by atoms with van der Waals surface area (Å²) in [7, 11) is 2.07. The Morgan fingerprint density at radius 2 is 2.00 bits per heavy atom. The van der Waals surface area contributed by atoms with Crippen LogP contribution >= 0.6 is 15.9 Å². The zero-order valence-corrected chi connectivity index (χ0v) is 12.0. The van der Waals surface area contributed by atoms with E-state index in [2.05, 4.69) is 32.8 Å². The van der Waals surface area contributed by atoms with Gasteiger partial charge in [0.25, 0.3) is 0 Å². The molecule has 1 saturated heterocycles. The van der Waals surface area contributed by atoms with Crippen molar-refractivity contribution < 1.29 is 9.50 Å². The number of halogens is 2. The fourth-order valence-corrected chi connectivity index (χ4v) is 2.69. The second-order valence-corrected chi connectivity index (χ2v) is 5.62. The van der Waals surface area contributed by atoms with Crippen LogP contribution in [0.1, 0.15) is 11.6 Å². The lowest BCUT2D eigenvalue weighted by Gasteiger charge is -2.37. The molecule has 0 aromatic heterocycles. The van der Waals surface area contributed by atoms with Crippen molar-refractivity contribution in [3.8, 4) is 0 Å². The first-order valence-electron chi connectivity index (χ1n) is 6.10. The van der Waals surface area contributed by atoms with Crippen molar-refractivity contribution in [2.45, 2.75) is 6.04 Å². The Morgan fingerprint density at radius 1 is 1.33 bits per heavy atom. The average molecular weight is 317 g/mol. The zero-order chi connectivity index (χ0) is 13.1. The second kappa shape index (κ2) is 6.10. The van der Waals surface area contributed by atoms with Gasteiger partial charge in [-0.2, -0.15) is 0 Å². The summed E-state index contributed by atoms with van der Waals surface area (Å²) in [5, 5.41) is 9.58. The summed E-state index contributed by atoms with van der Waals surface area (Å²) in [5.74, 6) is -0.254. The molecule has 100 valence electrons. The molecule has 1 aromatic rings. The molecule has 0 amide bonds. The lowest BCUT2D eigenvalue weighted by molar-refractivity contribution is 0.0730. The van der Waals surface area contributed by atoms with Crippen molar-refractivity contribution >= 4 is 15.9 Å². The Labute approximate surface area is 115 Å². The minimum absolute atomic E-state index is 0.0584. The molecule has 1 unspecified atom stereocenters. The first-order valence-corrected chi connectivity index (χ1v) is 6.89. The van der Waals surface area contributed by atoms with Gasteiger partial charge in [0.1, 0.15) is 5.82 Å². The molecule has 1 aliphatic heterocycles. The van der Waals surface area contributed by atoms with Crippen LogP contribution in [0, 0.1) is 5.82 Å². The second-order valence-electron chi connectivity index (χ2n) is 4.70. The molecule has 2 rings (SSSR count). The Kier molecular flexibility index (Phi) is 4.72. The Balaban J connectivity index is 2.19. The smallest absolute Gasteiger partial charge is 0.128 e. The molecule has 1 aliphatic rings. The lowest BCUT2D eigenvalue weighted by atomic mass is 10.0. The molecule has 1 heterocycles. The third-order valence-electron chi connectivity index (χ3n) is 3.47. The summed E-state index contributed by atoms with van der Waals surface area (Å²) in [5.41, 5.74) is 0.566. The minimum Gasteiger partial charge on any atom is -0.394 e. The average Bonchev–Trinajstić information content (AvgIpc) is 2.37. The fourth-order valence-electron chi connectivity index (χ4n) is 2.31. The molecule has 1 aromatic carbocycles. The monoisotopic (exact) mass is 316 g/mol. The first-order chi connectivity index (χ1) is 8.61. The van der Waals surface area contributed by atoms with Gasteiger partial charge in [-0.3, -0.25) is 4.90 Å². The molecule has 3 nitrogen and oxygen atoms in total. The van der Waals surface area contributed by atoms with Crippen LogP contribution < -0.4 is 0 Å². The number of likely N-dealkylation sites (N-methyl/N-ethyl adjacent to an activating group) is 1. The van der Waals surface area contributed by atoms with Crippen LogP contribution in [0.5, 0.6) is 0 Å². The summed E-state index contributed by atoms with van der Waals surface area (Å²) in [4.78, 5) is 4.38. The van der Waals surface area contributed by atoms with Gasteiger partial charge in [-0.05, 0) is 25.2 Å². The highest BCUT2D eigenvalue weighted by molar-refractivity contribution is 9.10. The fraction of sp³-hybridized carbons (Fsp3) is 0.538. The van der Waals surface area contributed by atoms with Crippen molar-refractivity contribution in [1.29, 1.82) is 0 Å². The van der Waals surface area contributed by atoms with Crippen LogP contribution in [0.3, 0.4) is 0 Å². The summed E-state index contributed by atoms with van der Waals surface area (Å²) in [6, 6.07) is 4.63. The van der Waals surface area contributed by atoms with E-state index in [0.29, 0.717) is 5.56 Å². The number of hydrogen-bond acceptors (Lipinski definition) is 3. The maximum absolute atomic E-state index is 13.9. The van der Waals surface area contributed by atoms with E-state index in [1.54, 1.807) is 12.1 Å². The van der Waals surface area contributed by atoms with E-state index in [1.165, 1.54) is 6.07 Å². The molecular formula is C13H18BrFN2O. The van der Waals surface area contributed by atoms with Crippen LogP contribution in [0.25, 0.3) is 0 Å². The van der Waals surface area contributed by atoms with Gasteiger partial charge in [0, 0.05) is 36.2 Å². The quantitative estimate of drug-likeness (QED) is 0.922. The van der Waals surface area contributed by atoms with Gasteiger partial charge in [-0.15, -0.1) is 0 Å².